The van der Waals surface area contributed by atoms with Crippen LogP contribution >= 0.6 is 0 Å². The predicted octanol–water partition coefficient (Wildman–Crippen LogP) is 6.96. The highest BCUT2D eigenvalue weighted by molar-refractivity contribution is 6.51. The number of Topliss-reactive ketones (excluding diaryl/α,β-unsaturated/α-hetero) is 1. The van der Waals surface area contributed by atoms with Gasteiger partial charge < -0.3 is 14.6 Å². The van der Waals surface area contributed by atoms with Crippen LogP contribution in [0.5, 0.6) is 11.5 Å². The molecule has 0 radical (unpaired) electrons. The van der Waals surface area contributed by atoms with Crippen molar-refractivity contribution in [2.24, 2.45) is 5.92 Å². The maximum Gasteiger partial charge on any atom is 0.300 e. The van der Waals surface area contributed by atoms with Crippen molar-refractivity contribution in [2.45, 2.75) is 53.0 Å². The van der Waals surface area contributed by atoms with Crippen LogP contribution in [0.15, 0.2) is 72.3 Å². The van der Waals surface area contributed by atoms with Gasteiger partial charge in [-0.2, -0.15) is 0 Å². The van der Waals surface area contributed by atoms with E-state index in [1.165, 1.54) is 4.90 Å². The SMILES string of the molecule is COc1cccc(C2/C(=C(\O)c3cc(C(C)(C)C)ccc3C)C(=O)C(=O)N2c2ccc(OCC(C)C)cc2)c1. The summed E-state index contributed by atoms with van der Waals surface area (Å²) < 4.78 is 11.2. The van der Waals surface area contributed by atoms with Gasteiger partial charge in [-0.25, -0.2) is 0 Å². The Bertz CT molecular complexity index is 1410. The molecule has 6 nitrogen and oxygen atoms in total. The zero-order valence-electron chi connectivity index (χ0n) is 23.7. The van der Waals surface area contributed by atoms with Gasteiger partial charge in [0.15, 0.2) is 0 Å². The number of hydrogen-bond acceptors (Lipinski definition) is 5. The molecule has 1 N–H and O–H groups in total. The quantitative estimate of drug-likeness (QED) is 0.204. The van der Waals surface area contributed by atoms with Gasteiger partial charge in [0.05, 0.1) is 25.3 Å². The van der Waals surface area contributed by atoms with Crippen molar-refractivity contribution in [1.29, 1.82) is 0 Å². The number of aliphatic hydroxyl groups excluding tert-OH is 1. The molecule has 0 aliphatic carbocycles. The van der Waals surface area contributed by atoms with Gasteiger partial charge in [0.2, 0.25) is 0 Å². The van der Waals surface area contributed by atoms with E-state index in [2.05, 4.69) is 34.6 Å². The van der Waals surface area contributed by atoms with E-state index in [1.54, 1.807) is 43.5 Å². The van der Waals surface area contributed by atoms with Crippen LogP contribution in [0.25, 0.3) is 5.76 Å². The Kier molecular flexibility index (Phi) is 7.86. The van der Waals surface area contributed by atoms with Crippen LogP contribution in [-0.4, -0.2) is 30.5 Å². The van der Waals surface area contributed by atoms with Crippen molar-refractivity contribution in [1.82, 2.24) is 0 Å². The van der Waals surface area contributed by atoms with Crippen LogP contribution in [-0.2, 0) is 15.0 Å². The van der Waals surface area contributed by atoms with E-state index >= 15 is 0 Å². The van der Waals surface area contributed by atoms with Gasteiger partial charge >= 0.3 is 0 Å². The minimum Gasteiger partial charge on any atom is -0.507 e. The summed E-state index contributed by atoms with van der Waals surface area (Å²) in [6.45, 7) is 12.9. The molecule has 0 bridgehead atoms. The molecule has 39 heavy (non-hydrogen) atoms. The smallest absolute Gasteiger partial charge is 0.300 e. The molecule has 6 heteroatoms. The van der Waals surface area contributed by atoms with Crippen LogP contribution < -0.4 is 14.4 Å². The Labute approximate surface area is 230 Å². The minimum atomic E-state index is -0.847. The fraction of sp³-hybridized carbons (Fsp3) is 0.333. The number of benzene rings is 3. The number of aryl methyl sites for hydroxylation is 1. The highest BCUT2D eigenvalue weighted by Crippen LogP contribution is 2.43. The molecule has 1 aliphatic heterocycles. The molecule has 1 fully saturated rings. The number of rotatable bonds is 7. The summed E-state index contributed by atoms with van der Waals surface area (Å²) in [6, 6.07) is 19.3. The van der Waals surface area contributed by atoms with Crippen LogP contribution in [0.1, 0.15) is 62.9 Å². The molecular formula is C33H37NO5. The first-order valence-electron chi connectivity index (χ1n) is 13.2. The second-order valence-corrected chi connectivity index (χ2v) is 11.4. The molecular weight excluding hydrogens is 490 g/mol. The Morgan fingerprint density at radius 3 is 2.28 bits per heavy atom. The number of methoxy groups -OCH3 is 1. The van der Waals surface area contributed by atoms with Crippen molar-refractivity contribution in [2.75, 3.05) is 18.6 Å². The number of ether oxygens (including phenoxy) is 2. The minimum absolute atomic E-state index is 0.0440. The Balaban J connectivity index is 1.89. The van der Waals surface area contributed by atoms with Crippen molar-refractivity contribution in [3.63, 3.8) is 0 Å². The van der Waals surface area contributed by atoms with Gasteiger partial charge in [-0.05, 0) is 77.4 Å². The predicted molar refractivity (Wildman–Crippen MR) is 154 cm³/mol. The van der Waals surface area contributed by atoms with Crippen LogP contribution in [0.4, 0.5) is 5.69 Å². The lowest BCUT2D eigenvalue weighted by Gasteiger charge is -2.26. The number of carbonyl (C=O) groups is 2. The highest BCUT2D eigenvalue weighted by Gasteiger charge is 2.47. The summed E-state index contributed by atoms with van der Waals surface area (Å²) in [7, 11) is 1.56. The van der Waals surface area contributed by atoms with Gasteiger partial charge in [-0.3, -0.25) is 14.5 Å². The normalized spacial score (nSPS) is 17.1. The van der Waals surface area contributed by atoms with Crippen LogP contribution in [0.3, 0.4) is 0 Å². The largest absolute Gasteiger partial charge is 0.507 e. The molecule has 1 aliphatic rings. The molecule has 0 spiro atoms. The van der Waals surface area contributed by atoms with Crippen molar-refractivity contribution in [3.05, 3.63) is 94.6 Å². The number of nitrogens with zero attached hydrogens (tertiary/aromatic N) is 1. The van der Waals surface area contributed by atoms with Crippen LogP contribution in [0.2, 0.25) is 0 Å². The summed E-state index contributed by atoms with van der Waals surface area (Å²) in [6.07, 6.45) is 0. The first-order chi connectivity index (χ1) is 18.4. The van der Waals surface area contributed by atoms with Gasteiger partial charge in [-0.1, -0.05) is 58.9 Å². The van der Waals surface area contributed by atoms with Crippen molar-refractivity contribution < 1.29 is 24.2 Å². The summed E-state index contributed by atoms with van der Waals surface area (Å²) in [4.78, 5) is 28.6. The fourth-order valence-corrected chi connectivity index (χ4v) is 4.68. The molecule has 1 atom stereocenters. The van der Waals surface area contributed by atoms with Gasteiger partial charge in [-0.15, -0.1) is 0 Å². The first-order valence-corrected chi connectivity index (χ1v) is 13.2. The van der Waals surface area contributed by atoms with Gasteiger partial charge in [0.25, 0.3) is 11.7 Å². The van der Waals surface area contributed by atoms with E-state index in [1.807, 2.05) is 37.3 Å². The van der Waals surface area contributed by atoms with E-state index in [0.29, 0.717) is 40.8 Å². The number of anilines is 1. The average Bonchev–Trinajstić information content (AvgIpc) is 3.17. The Hall–Kier alpha value is -4.06. The topological polar surface area (TPSA) is 76.1 Å². The Morgan fingerprint density at radius 1 is 0.974 bits per heavy atom. The summed E-state index contributed by atoms with van der Waals surface area (Å²) >= 11 is 0. The second kappa shape index (κ2) is 11.0. The van der Waals surface area contributed by atoms with Crippen molar-refractivity contribution in [3.8, 4) is 11.5 Å². The third kappa shape index (κ3) is 5.70. The molecule has 0 aromatic heterocycles. The third-order valence-electron chi connectivity index (χ3n) is 6.91. The number of aliphatic hydroxyl groups is 1. The van der Waals surface area contributed by atoms with Crippen molar-refractivity contribution >= 4 is 23.1 Å². The zero-order valence-corrected chi connectivity index (χ0v) is 23.7. The molecule has 1 amide bonds. The standard InChI is InChI=1S/C33H37NO5/c1-20(2)19-39-25-15-13-24(14-16-25)34-29(22-9-8-10-26(17-22)38-7)28(31(36)32(34)37)30(35)27-18-23(33(4,5)6)12-11-21(27)3/h8-18,20,29,35H,19H2,1-7H3/b30-28+. The number of amides is 1. The third-order valence-corrected chi connectivity index (χ3v) is 6.91. The maximum absolute atomic E-state index is 13.6. The Morgan fingerprint density at radius 2 is 1.67 bits per heavy atom. The monoisotopic (exact) mass is 527 g/mol. The van der Waals surface area contributed by atoms with E-state index in [9.17, 15) is 14.7 Å². The number of carbonyl (C=O) groups excluding carboxylic acids is 2. The molecule has 3 aromatic rings. The molecule has 1 saturated heterocycles. The van der Waals surface area contributed by atoms with Gasteiger partial charge in [0, 0.05) is 11.3 Å². The molecule has 1 unspecified atom stereocenters. The van der Waals surface area contributed by atoms with E-state index in [-0.39, 0.29) is 16.7 Å². The lowest BCUT2D eigenvalue weighted by atomic mass is 9.84. The lowest BCUT2D eigenvalue weighted by Crippen LogP contribution is -2.29. The van der Waals surface area contributed by atoms with Crippen LogP contribution in [0, 0.1) is 12.8 Å². The van der Waals surface area contributed by atoms with E-state index in [0.717, 1.165) is 11.1 Å². The maximum atomic E-state index is 13.6. The summed E-state index contributed by atoms with van der Waals surface area (Å²) in [5.41, 5.74) is 3.41. The molecule has 0 saturated carbocycles. The molecule has 4 rings (SSSR count). The summed E-state index contributed by atoms with van der Waals surface area (Å²) in [5.74, 6) is 0.00356. The average molecular weight is 528 g/mol. The number of hydrogen-bond donors (Lipinski definition) is 1. The first kappa shape index (κ1) is 28.0. The molecule has 3 aromatic carbocycles. The lowest BCUT2D eigenvalue weighted by molar-refractivity contribution is -0.132. The highest BCUT2D eigenvalue weighted by atomic mass is 16.5. The number of ketones is 1. The van der Waals surface area contributed by atoms with E-state index < -0.39 is 17.7 Å². The zero-order chi connectivity index (χ0) is 28.5. The fourth-order valence-electron chi connectivity index (χ4n) is 4.68. The molecule has 204 valence electrons. The second-order valence-electron chi connectivity index (χ2n) is 11.4. The van der Waals surface area contributed by atoms with E-state index in [4.69, 9.17) is 9.47 Å². The van der Waals surface area contributed by atoms with Gasteiger partial charge in [0.1, 0.15) is 17.3 Å². The summed E-state index contributed by atoms with van der Waals surface area (Å²) in [5, 5.41) is 11.7. The molecule has 1 heterocycles.